The summed E-state index contributed by atoms with van der Waals surface area (Å²) in [6.07, 6.45) is 3.47. The summed E-state index contributed by atoms with van der Waals surface area (Å²) in [4.78, 5) is 18.7. The van der Waals surface area contributed by atoms with E-state index in [9.17, 15) is 4.79 Å². The molecule has 3 heterocycles. The molecule has 0 radical (unpaired) electrons. The molecule has 6 heteroatoms. The van der Waals surface area contributed by atoms with Gasteiger partial charge in [0.15, 0.2) is 5.65 Å². The van der Waals surface area contributed by atoms with Crippen LogP contribution in [0, 0.1) is 0 Å². The fraction of sp³-hybridized carbons (Fsp3) is 0.0435. The summed E-state index contributed by atoms with van der Waals surface area (Å²) in [5.41, 5.74) is 4.99. The van der Waals surface area contributed by atoms with Gasteiger partial charge in [0.2, 0.25) is 0 Å². The quantitative estimate of drug-likeness (QED) is 0.458. The molecule has 0 unspecified atom stereocenters. The van der Waals surface area contributed by atoms with Crippen LogP contribution in [-0.4, -0.2) is 21.7 Å². The Labute approximate surface area is 170 Å². The fourth-order valence-electron chi connectivity index (χ4n) is 3.39. The van der Waals surface area contributed by atoms with Gasteiger partial charge in [0.25, 0.3) is 5.56 Å². The number of ether oxygens (including phenoxy) is 1. The van der Waals surface area contributed by atoms with Crippen LogP contribution in [-0.2, 0) is 0 Å². The van der Waals surface area contributed by atoms with Gasteiger partial charge < -0.3 is 4.74 Å². The van der Waals surface area contributed by atoms with Crippen molar-refractivity contribution < 1.29 is 4.74 Å². The number of methoxy groups -OCH3 is 1. The Morgan fingerprint density at radius 3 is 2.62 bits per heavy atom. The number of aromatic nitrogens is 3. The van der Waals surface area contributed by atoms with Gasteiger partial charge in [0.1, 0.15) is 5.75 Å². The number of nitrogens with one attached hydrogen (secondary N) is 1. The van der Waals surface area contributed by atoms with Crippen molar-refractivity contribution in [2.45, 2.75) is 0 Å². The molecule has 5 rings (SSSR count). The summed E-state index contributed by atoms with van der Waals surface area (Å²) in [6, 6.07) is 19.8. The first kappa shape index (κ1) is 17.5. The molecule has 5 aromatic rings. The highest BCUT2D eigenvalue weighted by Gasteiger charge is 2.15. The molecular formula is C23H17N3O2S. The molecule has 0 spiro atoms. The molecule has 0 aliphatic rings. The maximum Gasteiger partial charge on any atom is 0.280 e. The third-order valence-electron chi connectivity index (χ3n) is 4.89. The normalized spacial score (nSPS) is 11.1. The first-order chi connectivity index (χ1) is 14.2. The number of aromatic amines is 1. The Morgan fingerprint density at radius 1 is 0.966 bits per heavy atom. The first-order valence-corrected chi connectivity index (χ1v) is 10.0. The molecule has 142 valence electrons. The summed E-state index contributed by atoms with van der Waals surface area (Å²) in [7, 11) is 1.61. The minimum absolute atomic E-state index is 0.144. The van der Waals surface area contributed by atoms with Crippen LogP contribution in [0.3, 0.4) is 0 Å². The molecule has 0 aliphatic heterocycles. The van der Waals surface area contributed by atoms with Gasteiger partial charge in [-0.2, -0.15) is 0 Å². The molecule has 0 atom stereocenters. The van der Waals surface area contributed by atoms with E-state index in [1.54, 1.807) is 24.6 Å². The molecule has 0 amide bonds. The number of nitrogens with zero attached hydrogens (tertiary/aromatic N) is 2. The lowest BCUT2D eigenvalue weighted by molar-refractivity contribution is 0.415. The van der Waals surface area contributed by atoms with Crippen molar-refractivity contribution in [3.05, 3.63) is 88.8 Å². The predicted molar refractivity (Wildman–Crippen MR) is 117 cm³/mol. The van der Waals surface area contributed by atoms with Crippen LogP contribution in [0.15, 0.2) is 83.2 Å². The van der Waals surface area contributed by atoms with E-state index >= 15 is 0 Å². The van der Waals surface area contributed by atoms with E-state index in [2.05, 4.69) is 33.7 Å². The molecule has 0 aliphatic carbocycles. The van der Waals surface area contributed by atoms with Gasteiger partial charge in [0, 0.05) is 17.3 Å². The SMILES string of the molecule is COc1cccc(-c2cnc3c(-c4cc(-c5ccccc5)cs4)c[nH]n3c2=O)c1. The Bertz CT molecular complexity index is 1370. The second-order valence-corrected chi connectivity index (χ2v) is 7.53. The largest absolute Gasteiger partial charge is 0.497 e. The van der Waals surface area contributed by atoms with Crippen LogP contribution in [0.4, 0.5) is 0 Å². The average molecular weight is 399 g/mol. The Balaban J connectivity index is 1.59. The van der Waals surface area contributed by atoms with Crippen LogP contribution in [0.2, 0.25) is 0 Å². The minimum Gasteiger partial charge on any atom is -0.497 e. The van der Waals surface area contributed by atoms with Crippen molar-refractivity contribution in [3.63, 3.8) is 0 Å². The smallest absolute Gasteiger partial charge is 0.280 e. The number of benzene rings is 2. The van der Waals surface area contributed by atoms with E-state index in [1.165, 1.54) is 10.1 Å². The predicted octanol–water partition coefficient (Wildman–Crippen LogP) is 5.09. The zero-order valence-corrected chi connectivity index (χ0v) is 16.4. The number of fused-ring (bicyclic) bond motifs is 1. The van der Waals surface area contributed by atoms with Crippen molar-refractivity contribution in [1.82, 2.24) is 14.6 Å². The minimum atomic E-state index is -0.144. The summed E-state index contributed by atoms with van der Waals surface area (Å²) in [5, 5.41) is 5.18. The molecule has 29 heavy (non-hydrogen) atoms. The van der Waals surface area contributed by atoms with Gasteiger partial charge in [0.05, 0.1) is 18.2 Å². The number of H-pyrrole nitrogens is 1. The highest BCUT2D eigenvalue weighted by atomic mass is 32.1. The summed E-state index contributed by atoms with van der Waals surface area (Å²) >= 11 is 1.64. The van der Waals surface area contributed by atoms with Gasteiger partial charge in [-0.1, -0.05) is 42.5 Å². The van der Waals surface area contributed by atoms with Crippen LogP contribution < -0.4 is 10.3 Å². The van der Waals surface area contributed by atoms with Crippen molar-refractivity contribution >= 4 is 17.0 Å². The lowest BCUT2D eigenvalue weighted by Crippen LogP contribution is -2.16. The number of hydrogen-bond acceptors (Lipinski definition) is 4. The van der Waals surface area contributed by atoms with Crippen molar-refractivity contribution in [2.24, 2.45) is 0 Å². The van der Waals surface area contributed by atoms with Crippen molar-refractivity contribution in [3.8, 4) is 38.4 Å². The highest BCUT2D eigenvalue weighted by molar-refractivity contribution is 7.14. The van der Waals surface area contributed by atoms with Crippen molar-refractivity contribution in [1.29, 1.82) is 0 Å². The maximum absolute atomic E-state index is 13.1. The molecule has 0 bridgehead atoms. The monoisotopic (exact) mass is 399 g/mol. The van der Waals surface area contributed by atoms with Crippen molar-refractivity contribution in [2.75, 3.05) is 7.11 Å². The Kier molecular flexibility index (Phi) is 4.26. The number of hydrogen-bond donors (Lipinski definition) is 1. The van der Waals surface area contributed by atoms with Gasteiger partial charge in [-0.05, 0) is 40.3 Å². The molecule has 1 N–H and O–H groups in total. The molecule has 0 fully saturated rings. The van der Waals surface area contributed by atoms with E-state index in [1.807, 2.05) is 48.7 Å². The van der Waals surface area contributed by atoms with E-state index in [0.29, 0.717) is 17.0 Å². The van der Waals surface area contributed by atoms with Gasteiger partial charge in [-0.3, -0.25) is 9.89 Å². The molecule has 0 saturated carbocycles. The zero-order chi connectivity index (χ0) is 19.8. The van der Waals surface area contributed by atoms with Crippen LogP contribution in [0.1, 0.15) is 0 Å². The van der Waals surface area contributed by atoms with Crippen LogP contribution >= 0.6 is 11.3 Å². The molecular weight excluding hydrogens is 382 g/mol. The summed E-state index contributed by atoms with van der Waals surface area (Å²) < 4.78 is 6.76. The van der Waals surface area contributed by atoms with E-state index in [0.717, 1.165) is 21.6 Å². The van der Waals surface area contributed by atoms with Gasteiger partial charge in [-0.25, -0.2) is 9.50 Å². The Morgan fingerprint density at radius 2 is 1.79 bits per heavy atom. The third kappa shape index (κ3) is 3.03. The van der Waals surface area contributed by atoms with Gasteiger partial charge >= 0.3 is 0 Å². The molecule has 2 aromatic carbocycles. The third-order valence-corrected chi connectivity index (χ3v) is 5.86. The van der Waals surface area contributed by atoms with Gasteiger partial charge in [-0.15, -0.1) is 11.3 Å². The van der Waals surface area contributed by atoms with E-state index < -0.39 is 0 Å². The second-order valence-electron chi connectivity index (χ2n) is 6.62. The van der Waals surface area contributed by atoms with Crippen LogP contribution in [0.25, 0.3) is 38.3 Å². The standard InChI is InChI=1S/C23H17N3O2S/c1-28-18-9-5-8-16(10-18)19-12-24-22-20(13-25-26(22)23(19)27)21-11-17(14-29-21)15-6-3-2-4-7-15/h2-14,25H,1H3. The second kappa shape index (κ2) is 7.07. The molecule has 0 saturated heterocycles. The summed E-state index contributed by atoms with van der Waals surface area (Å²) in [5.74, 6) is 0.700. The lowest BCUT2D eigenvalue weighted by atomic mass is 10.1. The first-order valence-electron chi connectivity index (χ1n) is 9.12. The van der Waals surface area contributed by atoms with Crippen LogP contribution in [0.5, 0.6) is 5.75 Å². The van der Waals surface area contributed by atoms with E-state index in [4.69, 9.17) is 4.74 Å². The number of thiophene rings is 1. The number of rotatable bonds is 4. The summed E-state index contributed by atoms with van der Waals surface area (Å²) in [6.45, 7) is 0. The van der Waals surface area contributed by atoms with E-state index in [-0.39, 0.29) is 5.56 Å². The lowest BCUT2D eigenvalue weighted by Gasteiger charge is -2.04. The topological polar surface area (TPSA) is 59.4 Å². The fourth-order valence-corrected chi connectivity index (χ4v) is 4.32. The maximum atomic E-state index is 13.1. The molecule has 5 nitrogen and oxygen atoms in total. The Hall–Kier alpha value is -3.64. The highest BCUT2D eigenvalue weighted by Crippen LogP contribution is 2.34. The zero-order valence-electron chi connectivity index (χ0n) is 15.6. The average Bonchev–Trinajstić information content (AvgIpc) is 3.42. The molecule has 3 aromatic heterocycles.